The van der Waals surface area contributed by atoms with Crippen molar-refractivity contribution < 1.29 is 19.5 Å². The number of carbonyl (C=O) groups is 3. The fourth-order valence-corrected chi connectivity index (χ4v) is 6.20. The maximum absolute atomic E-state index is 13.7. The number of nitrogens with zero attached hydrogens (tertiary/aromatic N) is 2. The van der Waals surface area contributed by atoms with Crippen LogP contribution >= 0.6 is 0 Å². The molecule has 0 bridgehead atoms. The zero-order valence-corrected chi connectivity index (χ0v) is 21.8. The SMILES string of the molecule is CCCCN1C(=O)[C@@H]([C@H](O)C2CCCCC2)NC(=O)C12CCN(Cc1ccc(C(=O)NC)cc1)CC2. The quantitative estimate of drug-likeness (QED) is 0.511. The van der Waals surface area contributed by atoms with Gasteiger partial charge in [0.1, 0.15) is 11.6 Å². The third-order valence-electron chi connectivity index (χ3n) is 8.50. The fraction of sp³-hybridized carbons (Fsp3) is 0.679. The smallest absolute Gasteiger partial charge is 0.251 e. The minimum absolute atomic E-state index is 0.0757. The molecule has 2 aliphatic heterocycles. The lowest BCUT2D eigenvalue weighted by atomic mass is 9.78. The average Bonchev–Trinajstić information content (AvgIpc) is 2.92. The Balaban J connectivity index is 1.44. The van der Waals surface area contributed by atoms with Crippen molar-refractivity contribution in [1.82, 2.24) is 20.4 Å². The van der Waals surface area contributed by atoms with Crippen LogP contribution < -0.4 is 10.6 Å². The van der Waals surface area contributed by atoms with Crippen molar-refractivity contribution in [2.75, 3.05) is 26.7 Å². The van der Waals surface area contributed by atoms with Gasteiger partial charge in [0.2, 0.25) is 11.8 Å². The van der Waals surface area contributed by atoms with Crippen LogP contribution in [0.4, 0.5) is 0 Å². The Morgan fingerprint density at radius 2 is 1.81 bits per heavy atom. The number of amides is 3. The van der Waals surface area contributed by atoms with Gasteiger partial charge in [-0.05, 0) is 55.7 Å². The average molecular weight is 499 g/mol. The number of benzene rings is 1. The van der Waals surface area contributed by atoms with Gasteiger partial charge in [-0.15, -0.1) is 0 Å². The van der Waals surface area contributed by atoms with E-state index in [1.165, 1.54) is 6.42 Å². The molecule has 3 N–H and O–H groups in total. The maximum Gasteiger partial charge on any atom is 0.251 e. The number of piperidine rings is 1. The third kappa shape index (κ3) is 5.44. The largest absolute Gasteiger partial charge is 0.390 e. The van der Waals surface area contributed by atoms with E-state index in [1.54, 1.807) is 7.05 Å². The summed E-state index contributed by atoms with van der Waals surface area (Å²) in [4.78, 5) is 43.3. The summed E-state index contributed by atoms with van der Waals surface area (Å²) in [6, 6.07) is 6.77. The summed E-state index contributed by atoms with van der Waals surface area (Å²) >= 11 is 0. The first-order chi connectivity index (χ1) is 17.4. The zero-order chi connectivity index (χ0) is 25.7. The number of rotatable bonds is 8. The standard InChI is InChI=1S/C28H42N4O4/c1-3-4-16-32-26(35)23(24(33)21-8-6-5-7-9-21)30-27(36)28(32)14-17-31(18-15-28)19-20-10-12-22(13-11-20)25(34)29-2/h10-13,21,23-24,33H,3-9,14-19H2,1-2H3,(H,29,34)(H,30,36)/t23-,24-/m1/s1. The predicted molar refractivity (Wildman–Crippen MR) is 138 cm³/mol. The normalized spacial score (nSPS) is 24.0. The van der Waals surface area contributed by atoms with Crippen LogP contribution in [0.3, 0.4) is 0 Å². The summed E-state index contributed by atoms with van der Waals surface area (Å²) in [7, 11) is 1.62. The summed E-state index contributed by atoms with van der Waals surface area (Å²) < 4.78 is 0. The molecule has 1 aromatic rings. The molecule has 4 rings (SSSR count). The van der Waals surface area contributed by atoms with Crippen LogP contribution in [0.15, 0.2) is 24.3 Å². The summed E-state index contributed by atoms with van der Waals surface area (Å²) in [6.07, 6.45) is 7.28. The van der Waals surface area contributed by atoms with Crippen molar-refractivity contribution in [3.8, 4) is 0 Å². The monoisotopic (exact) mass is 498 g/mol. The number of hydrogen-bond donors (Lipinski definition) is 3. The molecule has 2 heterocycles. The minimum Gasteiger partial charge on any atom is -0.390 e. The van der Waals surface area contributed by atoms with Crippen molar-refractivity contribution in [1.29, 1.82) is 0 Å². The Morgan fingerprint density at radius 3 is 2.42 bits per heavy atom. The van der Waals surface area contributed by atoms with Gasteiger partial charge in [-0.2, -0.15) is 0 Å². The number of aliphatic hydroxyl groups is 1. The lowest BCUT2D eigenvalue weighted by Gasteiger charge is -2.52. The van der Waals surface area contributed by atoms with E-state index in [0.29, 0.717) is 38.0 Å². The van der Waals surface area contributed by atoms with Crippen LogP contribution in [0, 0.1) is 5.92 Å². The van der Waals surface area contributed by atoms with E-state index in [2.05, 4.69) is 22.5 Å². The molecule has 8 nitrogen and oxygen atoms in total. The van der Waals surface area contributed by atoms with Gasteiger partial charge >= 0.3 is 0 Å². The summed E-state index contributed by atoms with van der Waals surface area (Å²) in [5, 5.41) is 16.7. The summed E-state index contributed by atoms with van der Waals surface area (Å²) in [5.74, 6) is -0.243. The first kappa shape index (κ1) is 26.6. The highest BCUT2D eigenvalue weighted by atomic mass is 16.3. The first-order valence-electron chi connectivity index (χ1n) is 13.7. The molecule has 0 unspecified atom stereocenters. The topological polar surface area (TPSA) is 102 Å². The van der Waals surface area contributed by atoms with E-state index in [-0.39, 0.29) is 23.6 Å². The minimum atomic E-state index is -0.839. The molecule has 36 heavy (non-hydrogen) atoms. The molecule has 0 radical (unpaired) electrons. The van der Waals surface area contributed by atoms with Gasteiger partial charge in [0.15, 0.2) is 0 Å². The Labute approximate surface area is 214 Å². The van der Waals surface area contributed by atoms with E-state index in [9.17, 15) is 19.5 Å². The molecule has 3 amide bonds. The molecule has 3 fully saturated rings. The molecule has 1 aliphatic carbocycles. The van der Waals surface area contributed by atoms with Crippen molar-refractivity contribution in [3.63, 3.8) is 0 Å². The van der Waals surface area contributed by atoms with Crippen molar-refractivity contribution in [2.24, 2.45) is 5.92 Å². The Kier molecular flexibility index (Phi) is 8.67. The number of hydrogen-bond acceptors (Lipinski definition) is 5. The van der Waals surface area contributed by atoms with Crippen LogP contribution in [-0.4, -0.2) is 77.0 Å². The van der Waals surface area contributed by atoms with E-state index >= 15 is 0 Å². The van der Waals surface area contributed by atoms with Crippen molar-refractivity contribution in [3.05, 3.63) is 35.4 Å². The number of aliphatic hydroxyl groups excluding tert-OH is 1. The van der Waals surface area contributed by atoms with Gasteiger partial charge in [-0.3, -0.25) is 19.3 Å². The van der Waals surface area contributed by atoms with Crippen LogP contribution in [0.2, 0.25) is 0 Å². The molecule has 1 aromatic carbocycles. The second-order valence-electron chi connectivity index (χ2n) is 10.8. The van der Waals surface area contributed by atoms with E-state index in [0.717, 1.165) is 50.6 Å². The molecule has 1 spiro atoms. The van der Waals surface area contributed by atoms with Gasteiger partial charge in [0.25, 0.3) is 5.91 Å². The van der Waals surface area contributed by atoms with Gasteiger partial charge in [0, 0.05) is 38.8 Å². The predicted octanol–water partition coefficient (Wildman–Crippen LogP) is 2.45. The van der Waals surface area contributed by atoms with Gasteiger partial charge in [0.05, 0.1) is 6.10 Å². The van der Waals surface area contributed by atoms with Gasteiger partial charge < -0.3 is 20.6 Å². The number of nitrogens with one attached hydrogen (secondary N) is 2. The maximum atomic E-state index is 13.7. The molecule has 8 heteroatoms. The molecule has 1 saturated carbocycles. The number of likely N-dealkylation sites (tertiary alicyclic amines) is 1. The highest BCUT2D eigenvalue weighted by molar-refractivity contribution is 6.00. The van der Waals surface area contributed by atoms with Crippen molar-refractivity contribution in [2.45, 2.75) is 88.9 Å². The summed E-state index contributed by atoms with van der Waals surface area (Å²) in [6.45, 7) is 4.79. The van der Waals surface area contributed by atoms with Gasteiger partial charge in [-0.1, -0.05) is 44.7 Å². The Hall–Kier alpha value is -2.45. The molecule has 2 atom stereocenters. The number of carbonyl (C=O) groups excluding carboxylic acids is 3. The fourth-order valence-electron chi connectivity index (χ4n) is 6.20. The number of piperazine rings is 1. The second-order valence-corrected chi connectivity index (χ2v) is 10.8. The molecule has 0 aromatic heterocycles. The van der Waals surface area contributed by atoms with Crippen LogP contribution in [0.25, 0.3) is 0 Å². The van der Waals surface area contributed by atoms with Crippen LogP contribution in [0.1, 0.15) is 80.6 Å². The second kappa shape index (κ2) is 11.7. The van der Waals surface area contributed by atoms with E-state index in [1.807, 2.05) is 29.2 Å². The lowest BCUT2D eigenvalue weighted by Crippen LogP contribution is -2.75. The Bertz CT molecular complexity index is 920. The Morgan fingerprint density at radius 1 is 1.14 bits per heavy atom. The van der Waals surface area contributed by atoms with Crippen LogP contribution in [-0.2, 0) is 16.1 Å². The number of unbranched alkanes of at least 4 members (excludes halogenated alkanes) is 1. The van der Waals surface area contributed by atoms with E-state index in [4.69, 9.17) is 0 Å². The molecule has 3 aliphatic rings. The molecular formula is C28H42N4O4. The zero-order valence-electron chi connectivity index (χ0n) is 21.8. The lowest BCUT2D eigenvalue weighted by molar-refractivity contribution is -0.166. The van der Waals surface area contributed by atoms with Crippen molar-refractivity contribution >= 4 is 17.7 Å². The van der Waals surface area contributed by atoms with Gasteiger partial charge in [-0.25, -0.2) is 0 Å². The first-order valence-corrected chi connectivity index (χ1v) is 13.7. The van der Waals surface area contributed by atoms with Crippen LogP contribution in [0.5, 0.6) is 0 Å². The molecule has 198 valence electrons. The highest BCUT2D eigenvalue weighted by Crippen LogP contribution is 2.36. The highest BCUT2D eigenvalue weighted by Gasteiger charge is 2.55. The summed E-state index contributed by atoms with van der Waals surface area (Å²) in [5.41, 5.74) is 0.906. The van der Waals surface area contributed by atoms with E-state index < -0.39 is 17.7 Å². The molecule has 2 saturated heterocycles. The third-order valence-corrected chi connectivity index (χ3v) is 8.50. The molecular weight excluding hydrogens is 456 g/mol.